The summed E-state index contributed by atoms with van der Waals surface area (Å²) >= 11 is 1.70. The quantitative estimate of drug-likeness (QED) is 0.648. The fraction of sp³-hybridized carbons (Fsp3) is 0.571. The normalized spacial score (nSPS) is 9.90. The maximum atomic E-state index is 4.37. The third-order valence-electron chi connectivity index (χ3n) is 1.28. The predicted octanol–water partition coefficient (Wildman–Crippen LogP) is 1.77. The average molecular weight is 156 g/mol. The van der Waals surface area contributed by atoms with Gasteiger partial charge in [-0.1, -0.05) is 6.92 Å². The molecule has 0 atom stereocenters. The molecule has 56 valence electrons. The van der Waals surface area contributed by atoms with Crippen LogP contribution in [-0.4, -0.2) is 19.1 Å². The lowest BCUT2D eigenvalue weighted by Crippen LogP contribution is -2.07. The Hall–Kier alpha value is -0.570. The maximum Gasteiger partial charge on any atom is 0.184 e. The smallest absolute Gasteiger partial charge is 0.184 e. The lowest BCUT2D eigenvalue weighted by Gasteiger charge is -2.04. The van der Waals surface area contributed by atoms with Crippen LogP contribution in [0.5, 0.6) is 0 Å². The molecule has 0 fully saturated rings. The molecule has 1 rings (SSSR count). The van der Waals surface area contributed by atoms with Crippen LogP contribution in [-0.2, 0) is 6.42 Å². The fourth-order valence-electron chi connectivity index (χ4n) is 0.664. The van der Waals surface area contributed by atoms with Crippen LogP contribution < -0.4 is 4.90 Å². The highest BCUT2D eigenvalue weighted by Crippen LogP contribution is 2.17. The molecule has 10 heavy (non-hydrogen) atoms. The average Bonchev–Trinajstić information content (AvgIpc) is 2.34. The number of aromatic nitrogens is 1. The summed E-state index contributed by atoms with van der Waals surface area (Å²) in [6.07, 6.45) is 1.03. The monoisotopic (exact) mass is 156 g/mol. The number of hydrogen-bond donors (Lipinski definition) is 0. The van der Waals surface area contributed by atoms with Crippen LogP contribution in [0.25, 0.3) is 0 Å². The number of aryl methyl sites for hydroxylation is 1. The first-order valence-corrected chi connectivity index (χ1v) is 4.23. The first-order chi connectivity index (χ1) is 4.74. The summed E-state index contributed by atoms with van der Waals surface area (Å²) in [5.74, 6) is 0. The topological polar surface area (TPSA) is 16.1 Å². The Morgan fingerprint density at radius 3 is 2.60 bits per heavy atom. The van der Waals surface area contributed by atoms with Crippen molar-refractivity contribution in [3.05, 3.63) is 11.1 Å². The molecule has 0 radical (unpaired) electrons. The van der Waals surface area contributed by atoms with Gasteiger partial charge >= 0.3 is 0 Å². The molecule has 0 saturated heterocycles. The van der Waals surface area contributed by atoms with Crippen LogP contribution >= 0.6 is 11.3 Å². The molecule has 0 aliphatic heterocycles. The van der Waals surface area contributed by atoms with Crippen molar-refractivity contribution < 1.29 is 0 Å². The standard InChI is InChI=1S/C7H12N2S/c1-4-6-5-10-7(8-6)9(2)3/h5H,4H2,1-3H3. The highest BCUT2D eigenvalue weighted by atomic mass is 32.1. The van der Waals surface area contributed by atoms with Gasteiger partial charge in [-0.05, 0) is 6.42 Å². The minimum atomic E-state index is 1.03. The zero-order chi connectivity index (χ0) is 7.56. The second kappa shape index (κ2) is 3.01. The lowest BCUT2D eigenvalue weighted by molar-refractivity contribution is 1.02. The van der Waals surface area contributed by atoms with Gasteiger partial charge in [0.2, 0.25) is 0 Å². The lowest BCUT2D eigenvalue weighted by atomic mass is 10.4. The van der Waals surface area contributed by atoms with Crippen LogP contribution in [0.4, 0.5) is 5.13 Å². The molecule has 0 spiro atoms. The van der Waals surface area contributed by atoms with Crippen LogP contribution in [0.1, 0.15) is 12.6 Å². The van der Waals surface area contributed by atoms with E-state index in [4.69, 9.17) is 0 Å². The van der Waals surface area contributed by atoms with Gasteiger partial charge in [0.25, 0.3) is 0 Å². The maximum absolute atomic E-state index is 4.37. The van der Waals surface area contributed by atoms with Crippen LogP contribution in [0, 0.1) is 0 Å². The van der Waals surface area contributed by atoms with E-state index in [1.807, 2.05) is 19.0 Å². The number of hydrogen-bond acceptors (Lipinski definition) is 3. The minimum absolute atomic E-state index is 1.03. The molecular formula is C7H12N2S. The van der Waals surface area contributed by atoms with Crippen molar-refractivity contribution in [2.24, 2.45) is 0 Å². The van der Waals surface area contributed by atoms with Gasteiger partial charge in [-0.15, -0.1) is 11.3 Å². The van der Waals surface area contributed by atoms with E-state index in [1.165, 1.54) is 5.69 Å². The van der Waals surface area contributed by atoms with Crippen LogP contribution in [0.2, 0.25) is 0 Å². The summed E-state index contributed by atoms with van der Waals surface area (Å²) in [6.45, 7) is 2.12. The first-order valence-electron chi connectivity index (χ1n) is 3.35. The number of nitrogens with zero attached hydrogens (tertiary/aromatic N) is 2. The molecule has 3 heteroatoms. The molecule has 0 amide bonds. The van der Waals surface area contributed by atoms with Gasteiger partial charge in [0.15, 0.2) is 5.13 Å². The number of anilines is 1. The van der Waals surface area contributed by atoms with Gasteiger partial charge in [0.05, 0.1) is 5.69 Å². The largest absolute Gasteiger partial charge is 0.354 e. The number of rotatable bonds is 2. The van der Waals surface area contributed by atoms with Crippen molar-refractivity contribution in [1.82, 2.24) is 4.98 Å². The van der Waals surface area contributed by atoms with E-state index in [0.29, 0.717) is 0 Å². The third kappa shape index (κ3) is 1.48. The summed E-state index contributed by atoms with van der Waals surface area (Å²) in [5.41, 5.74) is 1.19. The predicted molar refractivity (Wildman–Crippen MR) is 45.8 cm³/mol. The molecule has 1 aromatic heterocycles. The van der Waals surface area contributed by atoms with Crippen molar-refractivity contribution in [1.29, 1.82) is 0 Å². The van der Waals surface area contributed by atoms with E-state index in [9.17, 15) is 0 Å². The summed E-state index contributed by atoms with van der Waals surface area (Å²) in [4.78, 5) is 6.40. The molecule has 0 aromatic carbocycles. The molecule has 0 saturated carbocycles. The van der Waals surface area contributed by atoms with Gasteiger partial charge in [-0.2, -0.15) is 0 Å². The Balaban J connectivity index is 2.78. The molecule has 0 N–H and O–H groups in total. The summed E-state index contributed by atoms with van der Waals surface area (Å²) in [6, 6.07) is 0. The highest BCUT2D eigenvalue weighted by molar-refractivity contribution is 7.13. The Kier molecular flexibility index (Phi) is 2.27. The second-order valence-corrected chi connectivity index (χ2v) is 3.21. The summed E-state index contributed by atoms with van der Waals surface area (Å²) < 4.78 is 0. The van der Waals surface area contributed by atoms with Crippen LogP contribution in [0.15, 0.2) is 5.38 Å². The molecule has 2 nitrogen and oxygen atoms in total. The van der Waals surface area contributed by atoms with Gasteiger partial charge < -0.3 is 4.90 Å². The SMILES string of the molecule is CCc1csc(N(C)C)n1. The molecule has 0 bridgehead atoms. The zero-order valence-corrected chi connectivity index (χ0v) is 7.40. The molecular weight excluding hydrogens is 144 g/mol. The molecule has 0 aliphatic carbocycles. The second-order valence-electron chi connectivity index (χ2n) is 2.37. The Labute approximate surface area is 65.5 Å². The van der Waals surface area contributed by atoms with Gasteiger partial charge in [0.1, 0.15) is 0 Å². The molecule has 0 aliphatic rings. The van der Waals surface area contributed by atoms with E-state index in [2.05, 4.69) is 17.3 Å². The summed E-state index contributed by atoms with van der Waals surface area (Å²) in [5, 5.41) is 3.20. The first kappa shape index (κ1) is 7.54. The Morgan fingerprint density at radius 1 is 1.60 bits per heavy atom. The fourth-order valence-corrected chi connectivity index (χ4v) is 1.51. The van der Waals surface area contributed by atoms with Crippen molar-refractivity contribution in [3.8, 4) is 0 Å². The Bertz CT molecular complexity index is 205. The van der Waals surface area contributed by atoms with Crippen molar-refractivity contribution in [2.75, 3.05) is 19.0 Å². The van der Waals surface area contributed by atoms with E-state index in [0.717, 1.165) is 11.6 Å². The van der Waals surface area contributed by atoms with Gasteiger partial charge in [-0.25, -0.2) is 4.98 Å². The van der Waals surface area contributed by atoms with E-state index in [-0.39, 0.29) is 0 Å². The molecule has 0 unspecified atom stereocenters. The van der Waals surface area contributed by atoms with E-state index >= 15 is 0 Å². The van der Waals surface area contributed by atoms with Gasteiger partial charge in [0, 0.05) is 19.5 Å². The minimum Gasteiger partial charge on any atom is -0.354 e. The summed E-state index contributed by atoms with van der Waals surface area (Å²) in [7, 11) is 4.02. The zero-order valence-electron chi connectivity index (χ0n) is 6.59. The molecule has 1 aromatic rings. The number of thiazole rings is 1. The Morgan fingerprint density at radius 2 is 2.30 bits per heavy atom. The van der Waals surface area contributed by atoms with Crippen molar-refractivity contribution in [3.63, 3.8) is 0 Å². The van der Waals surface area contributed by atoms with Crippen molar-refractivity contribution >= 4 is 16.5 Å². The van der Waals surface area contributed by atoms with E-state index < -0.39 is 0 Å². The molecule has 1 heterocycles. The van der Waals surface area contributed by atoms with Crippen molar-refractivity contribution in [2.45, 2.75) is 13.3 Å². The van der Waals surface area contributed by atoms with E-state index in [1.54, 1.807) is 11.3 Å². The highest BCUT2D eigenvalue weighted by Gasteiger charge is 1.99. The van der Waals surface area contributed by atoms with Crippen LogP contribution in [0.3, 0.4) is 0 Å². The third-order valence-corrected chi connectivity index (χ3v) is 2.34. The van der Waals surface area contributed by atoms with Gasteiger partial charge in [-0.3, -0.25) is 0 Å².